The molecule has 5 heteroatoms. The summed E-state index contributed by atoms with van der Waals surface area (Å²) in [5, 5.41) is 12.0. The standard InChI is InChI=1S/C34H40NO4/c1-35(2,22-12-4-7-15-24-13-5-3-6-14-24)32-25-20-21-26(32)31(23-25)39-33(36)34(37)27-16-8-10-18-29(27)38-30-19-11-9-17-28(30)34/h3,5-6,8-11,13-14,16-19,25-26,31-32,37H,4,7,12,15,20-23H2,1-2H3/q+1/t25?,26-,31-,32?/m1/s1. The number of aliphatic hydroxyl groups is 1. The summed E-state index contributed by atoms with van der Waals surface area (Å²) in [6.45, 7) is 1.13. The number of carbonyl (C=O) groups is 1. The minimum Gasteiger partial charge on any atom is -0.459 e. The van der Waals surface area contributed by atoms with Crippen molar-refractivity contribution >= 4 is 5.97 Å². The minimum atomic E-state index is -1.88. The molecule has 0 radical (unpaired) electrons. The molecule has 1 N–H and O–H groups in total. The Morgan fingerprint density at radius 2 is 1.54 bits per heavy atom. The van der Waals surface area contributed by atoms with Crippen molar-refractivity contribution in [3.8, 4) is 11.5 Å². The first-order valence-corrected chi connectivity index (χ1v) is 14.5. The molecule has 2 aliphatic carbocycles. The highest BCUT2D eigenvalue weighted by molar-refractivity contribution is 5.88. The highest BCUT2D eigenvalue weighted by Gasteiger charge is 2.58. The number of hydrogen-bond acceptors (Lipinski definition) is 4. The number of hydrogen-bond donors (Lipinski definition) is 1. The Labute approximate surface area is 232 Å². The fourth-order valence-corrected chi connectivity index (χ4v) is 7.69. The van der Waals surface area contributed by atoms with E-state index in [9.17, 15) is 9.90 Å². The van der Waals surface area contributed by atoms with Gasteiger partial charge in [0.25, 0.3) is 0 Å². The van der Waals surface area contributed by atoms with Crippen LogP contribution in [0, 0.1) is 11.8 Å². The van der Waals surface area contributed by atoms with Crippen LogP contribution in [0.25, 0.3) is 0 Å². The Bertz CT molecular complexity index is 1270. The van der Waals surface area contributed by atoms with E-state index in [2.05, 4.69) is 44.4 Å². The van der Waals surface area contributed by atoms with Crippen LogP contribution in [0.4, 0.5) is 0 Å². The SMILES string of the molecule is C[N+](C)(CCCCCc1ccccc1)C1C2CC[C@@H]1[C@H](OC(=O)C1(O)c3ccccc3Oc3ccccc31)C2. The first-order chi connectivity index (χ1) is 18.9. The maximum Gasteiger partial charge on any atom is 0.348 e. The van der Waals surface area contributed by atoms with Crippen LogP contribution < -0.4 is 4.74 Å². The molecule has 5 nitrogen and oxygen atoms in total. The van der Waals surface area contributed by atoms with Crippen molar-refractivity contribution in [1.82, 2.24) is 0 Å². The monoisotopic (exact) mass is 526 g/mol. The van der Waals surface area contributed by atoms with Crippen LogP contribution in [0.2, 0.25) is 0 Å². The predicted octanol–water partition coefficient (Wildman–Crippen LogP) is 6.23. The minimum absolute atomic E-state index is 0.164. The first-order valence-electron chi connectivity index (χ1n) is 14.5. The molecule has 1 heterocycles. The number of rotatable bonds is 9. The topological polar surface area (TPSA) is 55.8 Å². The molecule has 4 atom stereocenters. The molecule has 0 spiro atoms. The van der Waals surface area contributed by atoms with Crippen LogP contribution in [0.5, 0.6) is 11.5 Å². The van der Waals surface area contributed by atoms with E-state index in [-0.39, 0.29) is 6.10 Å². The van der Waals surface area contributed by atoms with Gasteiger partial charge in [0.15, 0.2) is 0 Å². The average molecular weight is 527 g/mol. The summed E-state index contributed by atoms with van der Waals surface area (Å²) in [5.74, 6) is 1.27. The quantitative estimate of drug-likeness (QED) is 0.204. The molecule has 3 aromatic rings. The third-order valence-electron chi connectivity index (χ3n) is 9.48. The lowest BCUT2D eigenvalue weighted by molar-refractivity contribution is -0.919. The van der Waals surface area contributed by atoms with Crippen LogP contribution in [0.15, 0.2) is 78.9 Å². The van der Waals surface area contributed by atoms with Crippen LogP contribution >= 0.6 is 0 Å². The van der Waals surface area contributed by atoms with Crippen LogP contribution in [-0.4, -0.2) is 48.3 Å². The van der Waals surface area contributed by atoms with Crippen LogP contribution in [0.3, 0.4) is 0 Å². The lowest BCUT2D eigenvalue weighted by Crippen LogP contribution is -2.52. The Morgan fingerprint density at radius 1 is 0.897 bits per heavy atom. The zero-order valence-electron chi connectivity index (χ0n) is 23.1. The number of ether oxygens (including phenoxy) is 2. The third-order valence-corrected chi connectivity index (χ3v) is 9.48. The van der Waals surface area contributed by atoms with Gasteiger partial charge in [0, 0.05) is 23.0 Å². The number of unbranched alkanes of at least 4 members (excludes halogenated alkanes) is 2. The van der Waals surface area contributed by atoms with Crippen molar-refractivity contribution in [3.63, 3.8) is 0 Å². The molecule has 1 aliphatic heterocycles. The first kappa shape index (κ1) is 26.1. The lowest BCUT2D eigenvalue weighted by Gasteiger charge is -2.39. The molecule has 2 fully saturated rings. The summed E-state index contributed by atoms with van der Waals surface area (Å²) < 4.78 is 13.2. The third kappa shape index (κ3) is 4.76. The molecule has 204 valence electrons. The highest BCUT2D eigenvalue weighted by Crippen LogP contribution is 2.52. The zero-order chi connectivity index (χ0) is 27.0. The molecule has 0 aromatic heterocycles. The van der Waals surface area contributed by atoms with Gasteiger partial charge in [-0.1, -0.05) is 66.7 Å². The molecule has 3 aliphatic rings. The van der Waals surface area contributed by atoms with Gasteiger partial charge in [-0.3, -0.25) is 0 Å². The summed E-state index contributed by atoms with van der Waals surface area (Å²) in [6, 6.07) is 25.7. The van der Waals surface area contributed by atoms with Gasteiger partial charge in [-0.05, 0) is 62.6 Å². The predicted molar refractivity (Wildman–Crippen MR) is 151 cm³/mol. The molecular weight excluding hydrogens is 486 g/mol. The second kappa shape index (κ2) is 10.4. The smallest absolute Gasteiger partial charge is 0.348 e. The number of esters is 1. The summed E-state index contributed by atoms with van der Waals surface area (Å²) in [5.41, 5.74) is 0.424. The molecule has 3 aromatic carbocycles. The maximum absolute atomic E-state index is 13.9. The van der Waals surface area contributed by atoms with Gasteiger partial charge in [-0.25, -0.2) is 4.79 Å². The molecule has 6 rings (SSSR count). The maximum atomic E-state index is 13.9. The number of aryl methyl sites for hydroxylation is 1. The van der Waals surface area contributed by atoms with Crippen molar-refractivity contribution in [2.45, 2.75) is 62.7 Å². The Hall–Kier alpha value is -3.15. The zero-order valence-corrected chi connectivity index (χ0v) is 23.1. The van der Waals surface area contributed by atoms with Crippen molar-refractivity contribution in [2.75, 3.05) is 20.6 Å². The average Bonchev–Trinajstić information content (AvgIpc) is 3.53. The Kier molecular flexibility index (Phi) is 6.98. The molecule has 0 saturated heterocycles. The second-order valence-electron chi connectivity index (χ2n) is 12.3. The van der Waals surface area contributed by atoms with Gasteiger partial charge in [-0.15, -0.1) is 0 Å². The molecular formula is C34H40NO4+. The number of para-hydroxylation sites is 2. The van der Waals surface area contributed by atoms with E-state index in [0.717, 1.165) is 30.3 Å². The normalized spacial score (nSPS) is 24.5. The molecule has 0 amide bonds. The van der Waals surface area contributed by atoms with E-state index < -0.39 is 11.6 Å². The van der Waals surface area contributed by atoms with Crippen LogP contribution in [-0.2, 0) is 21.6 Å². The van der Waals surface area contributed by atoms with Gasteiger partial charge in [-0.2, -0.15) is 0 Å². The van der Waals surface area contributed by atoms with Crippen molar-refractivity contribution < 1.29 is 23.9 Å². The summed E-state index contributed by atoms with van der Waals surface area (Å²) >= 11 is 0. The molecule has 2 unspecified atom stereocenters. The van der Waals surface area contributed by atoms with Crippen molar-refractivity contribution in [3.05, 3.63) is 95.6 Å². The van der Waals surface area contributed by atoms with Crippen molar-refractivity contribution in [1.29, 1.82) is 0 Å². The molecule has 39 heavy (non-hydrogen) atoms. The number of fused-ring (bicyclic) bond motifs is 4. The largest absolute Gasteiger partial charge is 0.459 e. The van der Waals surface area contributed by atoms with Gasteiger partial charge < -0.3 is 19.1 Å². The summed E-state index contributed by atoms with van der Waals surface area (Å²) in [6.07, 6.45) is 7.78. The summed E-state index contributed by atoms with van der Waals surface area (Å²) in [7, 11) is 4.71. The van der Waals surface area contributed by atoms with Crippen molar-refractivity contribution in [2.24, 2.45) is 11.8 Å². The van der Waals surface area contributed by atoms with Gasteiger partial charge in [0.05, 0.1) is 26.7 Å². The van der Waals surface area contributed by atoms with Crippen LogP contribution in [0.1, 0.15) is 55.2 Å². The van der Waals surface area contributed by atoms with E-state index >= 15 is 0 Å². The van der Waals surface area contributed by atoms with E-state index in [1.807, 2.05) is 24.3 Å². The lowest BCUT2D eigenvalue weighted by atomic mass is 9.83. The number of benzene rings is 3. The number of quaternary nitrogens is 1. The number of nitrogens with zero attached hydrogens (tertiary/aromatic N) is 1. The summed E-state index contributed by atoms with van der Waals surface area (Å²) in [4.78, 5) is 13.9. The Balaban J connectivity index is 1.12. The van der Waals surface area contributed by atoms with E-state index in [4.69, 9.17) is 9.47 Å². The molecule has 2 bridgehead atoms. The van der Waals surface area contributed by atoms with Gasteiger partial charge in [0.1, 0.15) is 17.6 Å². The van der Waals surface area contributed by atoms with Gasteiger partial charge >= 0.3 is 5.97 Å². The number of carbonyl (C=O) groups excluding carboxylic acids is 1. The van der Waals surface area contributed by atoms with E-state index in [1.54, 1.807) is 24.3 Å². The van der Waals surface area contributed by atoms with E-state index in [0.29, 0.717) is 40.5 Å². The fraction of sp³-hybridized carbons (Fsp3) is 0.441. The van der Waals surface area contributed by atoms with Gasteiger partial charge in [0.2, 0.25) is 5.60 Å². The van der Waals surface area contributed by atoms with E-state index in [1.165, 1.54) is 31.2 Å². The highest BCUT2D eigenvalue weighted by atomic mass is 16.6. The fourth-order valence-electron chi connectivity index (χ4n) is 7.69. The molecule has 2 saturated carbocycles. The second-order valence-corrected chi connectivity index (χ2v) is 12.3. The Morgan fingerprint density at radius 3 is 2.23 bits per heavy atom.